The van der Waals surface area contributed by atoms with E-state index < -0.39 is 47.1 Å². The number of methoxy groups -OCH3 is 1. The minimum absolute atomic E-state index is 0.0460. The first kappa shape index (κ1) is 36.8. The number of hydrogen-bond acceptors (Lipinski definition) is 5. The third-order valence-corrected chi connectivity index (χ3v) is 10.5. The van der Waals surface area contributed by atoms with Crippen LogP contribution < -0.4 is 0 Å². The number of hydrogen-bond donors (Lipinski definition) is 0. The van der Waals surface area contributed by atoms with Gasteiger partial charge in [0.25, 0.3) is 11.8 Å². The van der Waals surface area contributed by atoms with Crippen molar-refractivity contribution in [2.45, 2.75) is 62.3 Å². The first-order valence-electron chi connectivity index (χ1n) is 17.3. The molecular formula is C38H42F6N4O3. The molecule has 3 aromatic rings. The van der Waals surface area contributed by atoms with Gasteiger partial charge in [0.05, 0.1) is 11.1 Å². The van der Waals surface area contributed by atoms with Crippen LogP contribution in [0.15, 0.2) is 78.9 Å². The lowest BCUT2D eigenvalue weighted by Crippen LogP contribution is -2.58. The summed E-state index contributed by atoms with van der Waals surface area (Å²) in [6.45, 7) is 4.62. The molecule has 3 aromatic carbocycles. The van der Waals surface area contributed by atoms with Crippen LogP contribution in [0.2, 0.25) is 0 Å². The van der Waals surface area contributed by atoms with Crippen molar-refractivity contribution >= 4 is 11.8 Å². The number of piperazine rings is 1. The van der Waals surface area contributed by atoms with Gasteiger partial charge in [-0.3, -0.25) is 19.4 Å². The predicted molar refractivity (Wildman–Crippen MR) is 179 cm³/mol. The smallest absolute Gasteiger partial charge is 0.367 e. The van der Waals surface area contributed by atoms with Crippen molar-refractivity contribution in [2.24, 2.45) is 0 Å². The second kappa shape index (κ2) is 15.3. The van der Waals surface area contributed by atoms with Crippen LogP contribution >= 0.6 is 0 Å². The molecule has 0 aliphatic carbocycles. The molecule has 2 amide bonds. The van der Waals surface area contributed by atoms with Crippen molar-refractivity contribution in [3.63, 3.8) is 0 Å². The Balaban J connectivity index is 1.11. The van der Waals surface area contributed by atoms with Crippen molar-refractivity contribution in [1.29, 1.82) is 0 Å². The van der Waals surface area contributed by atoms with E-state index in [4.69, 9.17) is 4.74 Å². The van der Waals surface area contributed by atoms with Gasteiger partial charge < -0.3 is 14.5 Å². The summed E-state index contributed by atoms with van der Waals surface area (Å²) in [6.07, 6.45) is -8.37. The van der Waals surface area contributed by atoms with Crippen LogP contribution in [0.25, 0.3) is 0 Å². The van der Waals surface area contributed by atoms with Crippen molar-refractivity contribution in [2.75, 3.05) is 52.9 Å². The number of likely N-dealkylation sites (tertiary alicyclic amines) is 2. The van der Waals surface area contributed by atoms with Crippen LogP contribution in [-0.2, 0) is 28.3 Å². The number of halogens is 6. The highest BCUT2D eigenvalue weighted by molar-refractivity contribution is 5.95. The van der Waals surface area contributed by atoms with Gasteiger partial charge in [-0.15, -0.1) is 0 Å². The van der Waals surface area contributed by atoms with Crippen molar-refractivity contribution in [3.05, 3.63) is 107 Å². The standard InChI is InChI=1S/C38H42F6N4O3/c1-51-34(27-10-6-3-7-11-27)36(50)47-14-12-32(25-47)46-18-16-45(17-19-46)31-13-15-48(33(24-31)20-26-8-4-2-5-9-26)35(49)28-21-29(37(39,40)41)23-30(22-28)38(42,43)44/h2-11,21-23,31-34H,12-20,24-25H2,1H3. The van der Waals surface area contributed by atoms with E-state index in [1.54, 1.807) is 7.11 Å². The molecule has 6 rings (SSSR count). The molecule has 7 nitrogen and oxygen atoms in total. The molecule has 0 spiro atoms. The van der Waals surface area contributed by atoms with Gasteiger partial charge in [0.2, 0.25) is 0 Å². The van der Waals surface area contributed by atoms with E-state index in [-0.39, 0.29) is 30.6 Å². The number of nitrogens with zero attached hydrogens (tertiary/aromatic N) is 4. The molecule has 3 heterocycles. The Hall–Kier alpha value is -3.94. The van der Waals surface area contributed by atoms with Gasteiger partial charge in [-0.1, -0.05) is 60.7 Å². The highest BCUT2D eigenvalue weighted by atomic mass is 19.4. The van der Waals surface area contributed by atoms with E-state index in [1.165, 1.54) is 4.90 Å². The Labute approximate surface area is 293 Å². The summed E-state index contributed by atoms with van der Waals surface area (Å²) in [5, 5.41) is 0. The van der Waals surface area contributed by atoms with E-state index in [0.717, 1.165) is 43.7 Å². The zero-order chi connectivity index (χ0) is 36.3. The molecular weight excluding hydrogens is 674 g/mol. The molecule has 3 aliphatic heterocycles. The fourth-order valence-electron chi connectivity index (χ4n) is 7.83. The van der Waals surface area contributed by atoms with E-state index in [1.807, 2.05) is 65.6 Å². The van der Waals surface area contributed by atoms with E-state index >= 15 is 0 Å². The van der Waals surface area contributed by atoms with E-state index in [0.29, 0.717) is 44.5 Å². The first-order valence-corrected chi connectivity index (χ1v) is 17.3. The van der Waals surface area contributed by atoms with Crippen molar-refractivity contribution in [3.8, 4) is 0 Å². The molecule has 51 heavy (non-hydrogen) atoms. The molecule has 3 saturated heterocycles. The molecule has 274 valence electrons. The number of carbonyl (C=O) groups excluding carboxylic acids is 2. The summed E-state index contributed by atoms with van der Waals surface area (Å²) in [4.78, 5) is 35.3. The Kier molecular flexibility index (Phi) is 11.1. The minimum Gasteiger partial charge on any atom is -0.367 e. The summed E-state index contributed by atoms with van der Waals surface area (Å²) >= 11 is 0. The minimum atomic E-state index is -5.05. The zero-order valence-electron chi connectivity index (χ0n) is 28.4. The molecule has 0 radical (unpaired) electrons. The second-order valence-electron chi connectivity index (χ2n) is 13.6. The highest BCUT2D eigenvalue weighted by Crippen LogP contribution is 2.37. The molecule has 0 bridgehead atoms. The maximum absolute atomic E-state index is 13.8. The lowest BCUT2D eigenvalue weighted by atomic mass is 9.90. The number of alkyl halides is 6. The summed E-state index contributed by atoms with van der Waals surface area (Å²) in [7, 11) is 1.54. The monoisotopic (exact) mass is 716 g/mol. The molecule has 0 saturated carbocycles. The van der Waals surface area contributed by atoms with Crippen LogP contribution in [0.3, 0.4) is 0 Å². The van der Waals surface area contributed by atoms with Crippen LogP contribution in [0.4, 0.5) is 26.3 Å². The Morgan fingerprint density at radius 2 is 1.29 bits per heavy atom. The van der Waals surface area contributed by atoms with Crippen LogP contribution in [0.5, 0.6) is 0 Å². The topological polar surface area (TPSA) is 56.3 Å². The number of piperidine rings is 1. The van der Waals surface area contributed by atoms with Gasteiger partial charge in [-0.2, -0.15) is 26.3 Å². The van der Waals surface area contributed by atoms with E-state index in [9.17, 15) is 35.9 Å². The summed E-state index contributed by atoms with van der Waals surface area (Å²) in [5.41, 5.74) is -1.88. The predicted octanol–water partition coefficient (Wildman–Crippen LogP) is 6.55. The lowest BCUT2D eigenvalue weighted by Gasteiger charge is -2.47. The number of carbonyl (C=O) groups is 2. The Morgan fingerprint density at radius 1 is 0.745 bits per heavy atom. The van der Waals surface area contributed by atoms with Gasteiger partial charge in [-0.05, 0) is 55.0 Å². The van der Waals surface area contributed by atoms with Crippen LogP contribution in [0, 0.1) is 0 Å². The van der Waals surface area contributed by atoms with Crippen LogP contribution in [-0.4, -0.2) is 102 Å². The second-order valence-corrected chi connectivity index (χ2v) is 13.6. The Bertz CT molecular complexity index is 1610. The van der Waals surface area contributed by atoms with Gasteiger partial charge >= 0.3 is 12.4 Å². The number of ether oxygens (including phenoxy) is 1. The largest absolute Gasteiger partial charge is 0.416 e. The van der Waals surface area contributed by atoms with Gasteiger partial charge in [0.15, 0.2) is 6.10 Å². The van der Waals surface area contributed by atoms with Gasteiger partial charge in [-0.25, -0.2) is 0 Å². The molecule has 0 aromatic heterocycles. The Morgan fingerprint density at radius 3 is 1.86 bits per heavy atom. The normalized spacial score (nSPS) is 23.0. The van der Waals surface area contributed by atoms with Crippen molar-refractivity contribution < 1.29 is 40.7 Å². The highest BCUT2D eigenvalue weighted by Gasteiger charge is 2.41. The molecule has 3 fully saturated rings. The van der Waals surface area contributed by atoms with Gasteiger partial charge in [0.1, 0.15) is 0 Å². The molecule has 3 aliphatic rings. The zero-order valence-corrected chi connectivity index (χ0v) is 28.4. The van der Waals surface area contributed by atoms with Gasteiger partial charge in [0, 0.05) is 76.6 Å². The fourth-order valence-corrected chi connectivity index (χ4v) is 7.83. The summed E-state index contributed by atoms with van der Waals surface area (Å²) < 4.78 is 87.4. The molecule has 4 atom stereocenters. The third-order valence-electron chi connectivity index (χ3n) is 10.5. The number of benzene rings is 3. The van der Waals surface area contributed by atoms with E-state index in [2.05, 4.69) is 9.80 Å². The average Bonchev–Trinajstić information content (AvgIpc) is 3.62. The maximum atomic E-state index is 13.8. The number of rotatable bonds is 8. The number of amides is 2. The summed E-state index contributed by atoms with van der Waals surface area (Å²) in [6, 6.07) is 19.8. The maximum Gasteiger partial charge on any atom is 0.416 e. The quantitative estimate of drug-likeness (QED) is 0.248. The third kappa shape index (κ3) is 8.58. The summed E-state index contributed by atoms with van der Waals surface area (Å²) in [5.74, 6) is -0.880. The molecule has 4 unspecified atom stereocenters. The van der Waals surface area contributed by atoms with Crippen molar-refractivity contribution in [1.82, 2.24) is 19.6 Å². The first-order chi connectivity index (χ1) is 24.3. The molecule has 13 heteroatoms. The average molecular weight is 717 g/mol. The molecule has 0 N–H and O–H groups in total. The fraction of sp³-hybridized carbons (Fsp3) is 0.474. The SMILES string of the molecule is COC(C(=O)N1CCC(N2CCN(C3CCN(C(=O)c4cc(C(F)(F)F)cc(C(F)(F)F)c4)C(Cc4ccccc4)C3)CC2)C1)c1ccccc1. The lowest BCUT2D eigenvalue weighted by molar-refractivity contribution is -0.143. The van der Waals surface area contributed by atoms with Crippen LogP contribution in [0.1, 0.15) is 58.0 Å².